The second-order valence-corrected chi connectivity index (χ2v) is 6.00. The van der Waals surface area contributed by atoms with Crippen molar-refractivity contribution in [1.29, 1.82) is 0 Å². The molecular formula is C17H18BrNO2. The van der Waals surface area contributed by atoms with Gasteiger partial charge in [-0.3, -0.25) is 0 Å². The summed E-state index contributed by atoms with van der Waals surface area (Å²) >= 11 is 3.54. The molecule has 3 aromatic rings. The van der Waals surface area contributed by atoms with Gasteiger partial charge >= 0.3 is 0 Å². The average Bonchev–Trinajstić information content (AvgIpc) is 3.13. The number of furan rings is 2. The molecule has 3 rings (SSSR count). The molecule has 0 aliphatic carbocycles. The van der Waals surface area contributed by atoms with Crippen LogP contribution in [0.4, 0.5) is 0 Å². The van der Waals surface area contributed by atoms with Crippen LogP contribution < -0.4 is 5.32 Å². The Balaban J connectivity index is 1.91. The molecule has 0 spiro atoms. The van der Waals surface area contributed by atoms with E-state index in [-0.39, 0.29) is 6.04 Å². The lowest BCUT2D eigenvalue weighted by Gasteiger charge is -2.15. The molecule has 1 N–H and O–H groups in total. The van der Waals surface area contributed by atoms with E-state index in [1.54, 1.807) is 12.5 Å². The highest BCUT2D eigenvalue weighted by Crippen LogP contribution is 2.31. The first kappa shape index (κ1) is 14.4. The van der Waals surface area contributed by atoms with Crippen LogP contribution in [0.15, 0.2) is 56.2 Å². The van der Waals surface area contributed by atoms with Crippen molar-refractivity contribution in [3.8, 4) is 0 Å². The van der Waals surface area contributed by atoms with Gasteiger partial charge in [0.05, 0.1) is 23.0 Å². The third-order valence-electron chi connectivity index (χ3n) is 3.52. The van der Waals surface area contributed by atoms with Crippen molar-refractivity contribution in [1.82, 2.24) is 5.32 Å². The summed E-state index contributed by atoms with van der Waals surface area (Å²) in [6.45, 7) is 3.12. The lowest BCUT2D eigenvalue weighted by molar-refractivity contribution is 0.426. The molecule has 21 heavy (non-hydrogen) atoms. The van der Waals surface area contributed by atoms with Gasteiger partial charge in [0, 0.05) is 5.39 Å². The van der Waals surface area contributed by atoms with Gasteiger partial charge in [-0.1, -0.05) is 19.1 Å². The summed E-state index contributed by atoms with van der Waals surface area (Å²) in [6, 6.07) is 10.4. The van der Waals surface area contributed by atoms with Gasteiger partial charge < -0.3 is 14.2 Å². The third-order valence-corrected chi connectivity index (χ3v) is 4.14. The van der Waals surface area contributed by atoms with Crippen LogP contribution in [0.5, 0.6) is 0 Å². The largest absolute Gasteiger partial charge is 0.472 e. The lowest BCUT2D eigenvalue weighted by atomic mass is 10.1. The van der Waals surface area contributed by atoms with Gasteiger partial charge in [0.2, 0.25) is 0 Å². The lowest BCUT2D eigenvalue weighted by Crippen LogP contribution is -2.23. The average molecular weight is 348 g/mol. The number of hydrogen-bond donors (Lipinski definition) is 1. The molecule has 0 bridgehead atoms. The standard InChI is InChI=1S/C17H18BrNO2/c1-2-7-19-15(9-12-6-8-20-11-12)16-10-13-4-3-5-14(18)17(13)21-16/h3-6,8,10-11,15,19H,2,7,9H2,1H3. The number of halogens is 1. The van der Waals surface area contributed by atoms with E-state index in [1.165, 1.54) is 5.56 Å². The van der Waals surface area contributed by atoms with Crippen LogP contribution in [0, 0.1) is 0 Å². The second-order valence-electron chi connectivity index (χ2n) is 5.15. The van der Waals surface area contributed by atoms with Crippen molar-refractivity contribution in [2.75, 3.05) is 6.54 Å². The molecule has 0 saturated carbocycles. The molecule has 1 unspecified atom stereocenters. The van der Waals surface area contributed by atoms with Crippen LogP contribution >= 0.6 is 15.9 Å². The molecule has 110 valence electrons. The zero-order valence-corrected chi connectivity index (χ0v) is 13.5. The fraction of sp³-hybridized carbons (Fsp3) is 0.294. The zero-order chi connectivity index (χ0) is 14.7. The first-order valence-electron chi connectivity index (χ1n) is 7.20. The molecule has 0 aliphatic heterocycles. The summed E-state index contributed by atoms with van der Waals surface area (Å²) in [7, 11) is 0. The first-order valence-corrected chi connectivity index (χ1v) is 7.99. The van der Waals surface area contributed by atoms with Crippen LogP contribution in [0.1, 0.15) is 30.7 Å². The quantitative estimate of drug-likeness (QED) is 0.676. The number of para-hydroxylation sites is 1. The number of nitrogens with one attached hydrogen (secondary N) is 1. The SMILES string of the molecule is CCCNC(Cc1ccoc1)c1cc2cccc(Br)c2o1. The van der Waals surface area contributed by atoms with Gasteiger partial charge in [-0.05, 0) is 59.1 Å². The maximum atomic E-state index is 6.07. The van der Waals surface area contributed by atoms with E-state index in [1.807, 2.05) is 18.2 Å². The Kier molecular flexibility index (Phi) is 4.46. The predicted octanol–water partition coefficient (Wildman–Crippen LogP) is 5.07. The molecule has 0 amide bonds. The number of benzene rings is 1. The molecule has 2 heterocycles. The molecule has 0 radical (unpaired) electrons. The molecule has 1 aromatic carbocycles. The summed E-state index contributed by atoms with van der Waals surface area (Å²) in [5.41, 5.74) is 2.08. The molecular weight excluding hydrogens is 330 g/mol. The smallest absolute Gasteiger partial charge is 0.148 e. The number of rotatable bonds is 6. The molecule has 1 atom stereocenters. The van der Waals surface area contributed by atoms with E-state index in [2.05, 4.69) is 40.3 Å². The number of fused-ring (bicyclic) bond motifs is 1. The van der Waals surface area contributed by atoms with Gasteiger partial charge in [-0.2, -0.15) is 0 Å². The Morgan fingerprint density at radius 2 is 2.19 bits per heavy atom. The van der Waals surface area contributed by atoms with E-state index in [9.17, 15) is 0 Å². The molecule has 4 heteroatoms. The highest BCUT2D eigenvalue weighted by Gasteiger charge is 2.17. The van der Waals surface area contributed by atoms with Crippen molar-refractivity contribution < 1.29 is 8.83 Å². The Labute approximate surface area is 132 Å². The molecule has 3 nitrogen and oxygen atoms in total. The van der Waals surface area contributed by atoms with E-state index < -0.39 is 0 Å². The topological polar surface area (TPSA) is 38.3 Å². The highest BCUT2D eigenvalue weighted by atomic mass is 79.9. The van der Waals surface area contributed by atoms with E-state index >= 15 is 0 Å². The van der Waals surface area contributed by atoms with Gasteiger partial charge in [0.15, 0.2) is 0 Å². The summed E-state index contributed by atoms with van der Waals surface area (Å²) in [5.74, 6) is 0.964. The monoisotopic (exact) mass is 347 g/mol. The fourth-order valence-electron chi connectivity index (χ4n) is 2.46. The van der Waals surface area contributed by atoms with Gasteiger partial charge in [0.25, 0.3) is 0 Å². The van der Waals surface area contributed by atoms with Gasteiger partial charge in [-0.15, -0.1) is 0 Å². The minimum absolute atomic E-state index is 0.154. The normalized spacial score (nSPS) is 12.9. The van der Waals surface area contributed by atoms with Gasteiger partial charge in [0.1, 0.15) is 11.3 Å². The van der Waals surface area contributed by atoms with Crippen LogP contribution in [0.3, 0.4) is 0 Å². The molecule has 0 fully saturated rings. The summed E-state index contributed by atoms with van der Waals surface area (Å²) < 4.78 is 12.2. The second kappa shape index (κ2) is 6.50. The van der Waals surface area contributed by atoms with E-state index in [4.69, 9.17) is 8.83 Å². The van der Waals surface area contributed by atoms with Crippen LogP contribution in [0.2, 0.25) is 0 Å². The summed E-state index contributed by atoms with van der Waals surface area (Å²) in [6.07, 6.45) is 5.44. The molecule has 0 saturated heterocycles. The van der Waals surface area contributed by atoms with Gasteiger partial charge in [-0.25, -0.2) is 0 Å². The Bertz CT molecular complexity index is 703. The highest BCUT2D eigenvalue weighted by molar-refractivity contribution is 9.10. The third kappa shape index (κ3) is 3.22. The Hall–Kier alpha value is -1.52. The maximum Gasteiger partial charge on any atom is 0.148 e. The van der Waals surface area contributed by atoms with Crippen LogP contribution in [0.25, 0.3) is 11.0 Å². The zero-order valence-electron chi connectivity index (χ0n) is 11.9. The van der Waals surface area contributed by atoms with Crippen LogP contribution in [-0.4, -0.2) is 6.54 Å². The summed E-state index contributed by atoms with van der Waals surface area (Å²) in [5, 5.41) is 4.67. The van der Waals surface area contributed by atoms with E-state index in [0.29, 0.717) is 0 Å². The minimum atomic E-state index is 0.154. The van der Waals surface area contributed by atoms with Crippen molar-refractivity contribution in [3.63, 3.8) is 0 Å². The minimum Gasteiger partial charge on any atom is -0.472 e. The number of hydrogen-bond acceptors (Lipinski definition) is 3. The van der Waals surface area contributed by atoms with Crippen molar-refractivity contribution in [3.05, 3.63) is 58.7 Å². The summed E-state index contributed by atoms with van der Waals surface area (Å²) in [4.78, 5) is 0. The molecule has 2 aromatic heterocycles. The van der Waals surface area contributed by atoms with E-state index in [0.717, 1.165) is 40.6 Å². The van der Waals surface area contributed by atoms with Crippen molar-refractivity contribution in [2.45, 2.75) is 25.8 Å². The predicted molar refractivity (Wildman–Crippen MR) is 87.4 cm³/mol. The van der Waals surface area contributed by atoms with Crippen molar-refractivity contribution in [2.24, 2.45) is 0 Å². The van der Waals surface area contributed by atoms with Crippen LogP contribution in [-0.2, 0) is 6.42 Å². The fourth-order valence-corrected chi connectivity index (χ4v) is 2.92. The first-order chi connectivity index (χ1) is 10.3. The Morgan fingerprint density at radius 1 is 1.29 bits per heavy atom. The molecule has 0 aliphatic rings. The Morgan fingerprint density at radius 3 is 2.90 bits per heavy atom. The maximum absolute atomic E-state index is 6.07. The van der Waals surface area contributed by atoms with Crippen molar-refractivity contribution >= 4 is 26.9 Å².